The molecule has 5 heteroatoms. The molecule has 1 aromatic rings. The van der Waals surface area contributed by atoms with Gasteiger partial charge in [-0.2, -0.15) is 0 Å². The summed E-state index contributed by atoms with van der Waals surface area (Å²) in [5, 5.41) is 0. The zero-order valence-electron chi connectivity index (χ0n) is 11.4. The summed E-state index contributed by atoms with van der Waals surface area (Å²) in [5.74, 6) is -0.141. The number of carbonyl (C=O) groups excluding carboxylic acids is 2. The molecule has 0 aromatic heterocycles. The Morgan fingerprint density at radius 3 is 2.37 bits per heavy atom. The number of rotatable bonds is 1. The number of thiol groups is 1. The molecule has 2 rings (SSSR count). The van der Waals surface area contributed by atoms with Crippen LogP contribution in [0.4, 0.5) is 0 Å². The van der Waals surface area contributed by atoms with Crippen LogP contribution in [0.5, 0.6) is 0 Å². The molecule has 0 spiro atoms. The van der Waals surface area contributed by atoms with E-state index < -0.39 is 5.54 Å². The topological polar surface area (TPSA) is 40.6 Å². The lowest BCUT2D eigenvalue weighted by Crippen LogP contribution is -2.63. The number of hydrogen-bond acceptors (Lipinski definition) is 3. The van der Waals surface area contributed by atoms with Crippen molar-refractivity contribution in [2.24, 2.45) is 0 Å². The Bertz CT molecular complexity index is 511. The van der Waals surface area contributed by atoms with Crippen molar-refractivity contribution in [3.05, 3.63) is 29.8 Å². The molecule has 0 saturated carbocycles. The third kappa shape index (κ3) is 2.47. The highest BCUT2D eigenvalue weighted by molar-refractivity contribution is 7.80. The van der Waals surface area contributed by atoms with E-state index in [-0.39, 0.29) is 11.8 Å². The van der Waals surface area contributed by atoms with Crippen LogP contribution in [0.3, 0.4) is 0 Å². The minimum Gasteiger partial charge on any atom is -0.342 e. The lowest BCUT2D eigenvalue weighted by molar-refractivity contribution is -0.144. The van der Waals surface area contributed by atoms with Crippen LogP contribution in [0.2, 0.25) is 0 Å². The van der Waals surface area contributed by atoms with Crippen LogP contribution in [0.25, 0.3) is 0 Å². The van der Waals surface area contributed by atoms with Gasteiger partial charge in [0.05, 0.1) is 0 Å². The van der Waals surface area contributed by atoms with Gasteiger partial charge in [0.2, 0.25) is 5.91 Å². The lowest BCUT2D eigenvalue weighted by Gasteiger charge is -2.44. The van der Waals surface area contributed by atoms with Crippen LogP contribution in [0, 0.1) is 0 Å². The second kappa shape index (κ2) is 4.89. The zero-order valence-corrected chi connectivity index (χ0v) is 12.3. The average molecular weight is 278 g/mol. The molecule has 1 aliphatic rings. The van der Waals surface area contributed by atoms with Crippen LogP contribution in [0.1, 0.15) is 24.2 Å². The number of benzene rings is 1. The van der Waals surface area contributed by atoms with E-state index in [1.165, 1.54) is 0 Å². The van der Waals surface area contributed by atoms with Gasteiger partial charge in [-0.15, -0.1) is 12.6 Å². The van der Waals surface area contributed by atoms with Crippen LogP contribution in [-0.4, -0.2) is 47.3 Å². The Hall–Kier alpha value is -1.49. The van der Waals surface area contributed by atoms with Crippen molar-refractivity contribution in [3.8, 4) is 0 Å². The van der Waals surface area contributed by atoms with Gasteiger partial charge in [0, 0.05) is 30.6 Å². The number of amides is 2. The van der Waals surface area contributed by atoms with E-state index in [1.54, 1.807) is 55.0 Å². The minimum atomic E-state index is -0.802. The molecule has 1 aliphatic heterocycles. The van der Waals surface area contributed by atoms with Gasteiger partial charge in [-0.3, -0.25) is 9.59 Å². The largest absolute Gasteiger partial charge is 0.342 e. The summed E-state index contributed by atoms with van der Waals surface area (Å²) >= 11 is 4.20. The fourth-order valence-electron chi connectivity index (χ4n) is 2.33. The molecule has 0 radical (unpaired) electrons. The summed E-state index contributed by atoms with van der Waals surface area (Å²) in [6.07, 6.45) is 0. The van der Waals surface area contributed by atoms with Crippen LogP contribution in [0.15, 0.2) is 29.2 Å². The molecular weight excluding hydrogens is 260 g/mol. The van der Waals surface area contributed by atoms with Crippen molar-refractivity contribution in [3.63, 3.8) is 0 Å². The molecular formula is C14H18N2O2S. The predicted molar refractivity (Wildman–Crippen MR) is 76.4 cm³/mol. The average Bonchev–Trinajstić information content (AvgIpc) is 2.36. The van der Waals surface area contributed by atoms with E-state index in [0.717, 1.165) is 4.90 Å². The van der Waals surface area contributed by atoms with E-state index in [2.05, 4.69) is 12.6 Å². The molecule has 0 unspecified atom stereocenters. The van der Waals surface area contributed by atoms with Gasteiger partial charge in [0.25, 0.3) is 5.91 Å². The number of carbonyl (C=O) groups is 2. The van der Waals surface area contributed by atoms with Crippen molar-refractivity contribution in [2.45, 2.75) is 24.3 Å². The lowest BCUT2D eigenvalue weighted by atomic mass is 9.96. The molecule has 0 N–H and O–H groups in total. The van der Waals surface area contributed by atoms with Gasteiger partial charge in [0.1, 0.15) is 5.54 Å². The first kappa shape index (κ1) is 13.9. The quantitative estimate of drug-likeness (QED) is 0.794. The minimum absolute atomic E-state index is 0.0297. The molecule has 1 fully saturated rings. The Kier molecular flexibility index (Phi) is 3.58. The molecule has 102 valence electrons. The molecule has 1 saturated heterocycles. The molecule has 0 bridgehead atoms. The summed E-state index contributed by atoms with van der Waals surface area (Å²) in [7, 11) is 1.77. The smallest absolute Gasteiger partial charge is 0.254 e. The van der Waals surface area contributed by atoms with E-state index >= 15 is 0 Å². The van der Waals surface area contributed by atoms with Crippen LogP contribution < -0.4 is 0 Å². The summed E-state index contributed by atoms with van der Waals surface area (Å²) in [5.41, 5.74) is -0.216. The first-order chi connectivity index (χ1) is 8.84. The van der Waals surface area contributed by atoms with E-state index in [0.29, 0.717) is 18.7 Å². The van der Waals surface area contributed by atoms with Gasteiger partial charge in [-0.05, 0) is 38.1 Å². The van der Waals surface area contributed by atoms with Gasteiger partial charge < -0.3 is 9.80 Å². The maximum Gasteiger partial charge on any atom is 0.254 e. The van der Waals surface area contributed by atoms with Gasteiger partial charge in [-0.25, -0.2) is 0 Å². The Morgan fingerprint density at radius 2 is 1.79 bits per heavy atom. The number of hydrogen-bond donors (Lipinski definition) is 1. The zero-order chi connectivity index (χ0) is 14.2. The predicted octanol–water partition coefficient (Wildman–Crippen LogP) is 1.67. The van der Waals surface area contributed by atoms with Crippen molar-refractivity contribution in [1.29, 1.82) is 0 Å². The molecule has 1 heterocycles. The number of likely N-dealkylation sites (N-methyl/N-ethyl adjacent to an activating group) is 1. The first-order valence-electron chi connectivity index (χ1n) is 6.20. The third-order valence-corrected chi connectivity index (χ3v) is 3.86. The third-order valence-electron chi connectivity index (χ3n) is 3.56. The standard InChI is InChI=1S/C14H18N2O2S/c1-14(2)13(18)15(3)8-9-16(14)12(17)10-4-6-11(19)7-5-10/h4-7,19H,8-9H2,1-3H3. The molecule has 4 nitrogen and oxygen atoms in total. The molecule has 2 amide bonds. The van der Waals surface area contributed by atoms with Crippen molar-refractivity contribution < 1.29 is 9.59 Å². The molecule has 0 atom stereocenters. The van der Waals surface area contributed by atoms with E-state index in [9.17, 15) is 9.59 Å². The normalized spacial score (nSPS) is 18.6. The van der Waals surface area contributed by atoms with Crippen molar-refractivity contribution in [1.82, 2.24) is 9.80 Å². The number of nitrogens with zero attached hydrogens (tertiary/aromatic N) is 2. The van der Waals surface area contributed by atoms with Gasteiger partial charge in [0.15, 0.2) is 0 Å². The van der Waals surface area contributed by atoms with E-state index in [1.807, 2.05) is 0 Å². The molecule has 1 aromatic carbocycles. The Balaban J connectivity index is 2.28. The Morgan fingerprint density at radius 1 is 1.21 bits per heavy atom. The van der Waals surface area contributed by atoms with Crippen molar-refractivity contribution >= 4 is 24.4 Å². The summed E-state index contributed by atoms with van der Waals surface area (Å²) in [6, 6.07) is 7.04. The van der Waals surface area contributed by atoms with Gasteiger partial charge in [-0.1, -0.05) is 0 Å². The van der Waals surface area contributed by atoms with Crippen LogP contribution >= 0.6 is 12.6 Å². The first-order valence-corrected chi connectivity index (χ1v) is 6.65. The van der Waals surface area contributed by atoms with Crippen LogP contribution in [-0.2, 0) is 4.79 Å². The highest BCUT2D eigenvalue weighted by Gasteiger charge is 2.43. The summed E-state index contributed by atoms with van der Waals surface area (Å²) < 4.78 is 0. The second-order valence-electron chi connectivity index (χ2n) is 5.29. The molecule has 19 heavy (non-hydrogen) atoms. The maximum absolute atomic E-state index is 12.5. The summed E-state index contributed by atoms with van der Waals surface area (Å²) in [6.45, 7) is 4.70. The molecule has 0 aliphatic carbocycles. The fourth-order valence-corrected chi connectivity index (χ4v) is 2.48. The monoisotopic (exact) mass is 278 g/mol. The highest BCUT2D eigenvalue weighted by atomic mass is 32.1. The maximum atomic E-state index is 12.5. The highest BCUT2D eigenvalue weighted by Crippen LogP contribution is 2.24. The van der Waals surface area contributed by atoms with Crippen molar-refractivity contribution in [2.75, 3.05) is 20.1 Å². The van der Waals surface area contributed by atoms with E-state index in [4.69, 9.17) is 0 Å². The Labute approximate surface area is 118 Å². The second-order valence-corrected chi connectivity index (χ2v) is 5.81. The van der Waals surface area contributed by atoms with Gasteiger partial charge >= 0.3 is 0 Å². The fraction of sp³-hybridized carbons (Fsp3) is 0.429. The SMILES string of the molecule is CN1CCN(C(=O)c2ccc(S)cc2)C(C)(C)C1=O. The summed E-state index contributed by atoms with van der Waals surface area (Å²) in [4.78, 5) is 28.8. The number of piperazine rings is 1.